The Balaban J connectivity index is 1.60. The van der Waals surface area contributed by atoms with Gasteiger partial charge in [-0.2, -0.15) is 0 Å². The second kappa shape index (κ2) is 8.78. The number of amides is 3. The first-order valence-electron chi connectivity index (χ1n) is 9.62. The maximum atomic E-state index is 12.5. The van der Waals surface area contributed by atoms with Gasteiger partial charge in [-0.25, -0.2) is 4.79 Å². The molecule has 3 rings (SSSR count). The van der Waals surface area contributed by atoms with Crippen LogP contribution >= 0.6 is 0 Å². The van der Waals surface area contributed by atoms with E-state index in [4.69, 9.17) is 0 Å². The average molecular weight is 380 g/mol. The van der Waals surface area contributed by atoms with Gasteiger partial charge in [0.1, 0.15) is 0 Å². The summed E-state index contributed by atoms with van der Waals surface area (Å²) >= 11 is 0. The second-order valence-electron chi connectivity index (χ2n) is 7.43. The Morgan fingerprint density at radius 2 is 1.68 bits per heavy atom. The molecular weight excluding hydrogens is 352 g/mol. The molecule has 2 aromatic carbocycles. The number of benzene rings is 2. The third-order valence-corrected chi connectivity index (χ3v) is 4.97. The van der Waals surface area contributed by atoms with Crippen molar-refractivity contribution in [3.8, 4) is 0 Å². The number of nitrogens with zero attached hydrogens (tertiary/aromatic N) is 3. The van der Waals surface area contributed by atoms with E-state index in [-0.39, 0.29) is 11.9 Å². The molecule has 3 amide bonds. The Labute approximate surface area is 166 Å². The molecule has 0 atom stereocenters. The number of nitrogens with one attached hydrogen (secondary N) is 1. The van der Waals surface area contributed by atoms with Crippen LogP contribution in [0, 0.1) is 0 Å². The molecule has 0 radical (unpaired) electrons. The number of carbonyl (C=O) groups excluding carboxylic acids is 2. The molecule has 0 unspecified atom stereocenters. The van der Waals surface area contributed by atoms with Crippen LogP contribution in [0.2, 0.25) is 0 Å². The summed E-state index contributed by atoms with van der Waals surface area (Å²) in [5.41, 5.74) is 3.42. The molecule has 1 fully saturated rings. The molecular formula is C22H28N4O2. The highest BCUT2D eigenvalue weighted by Crippen LogP contribution is 2.17. The first kappa shape index (κ1) is 19.7. The van der Waals surface area contributed by atoms with E-state index in [1.165, 1.54) is 0 Å². The number of carbonyl (C=O) groups is 2. The largest absolute Gasteiger partial charge is 0.378 e. The maximum absolute atomic E-state index is 12.5. The number of hydrogen-bond donors (Lipinski definition) is 1. The highest BCUT2D eigenvalue weighted by molar-refractivity contribution is 5.97. The van der Waals surface area contributed by atoms with E-state index in [9.17, 15) is 9.59 Å². The molecule has 28 heavy (non-hydrogen) atoms. The third-order valence-electron chi connectivity index (χ3n) is 4.97. The molecule has 0 aliphatic carbocycles. The van der Waals surface area contributed by atoms with Gasteiger partial charge in [0.15, 0.2) is 0 Å². The summed E-state index contributed by atoms with van der Waals surface area (Å²) in [4.78, 5) is 30.6. The van der Waals surface area contributed by atoms with Crippen molar-refractivity contribution >= 4 is 23.3 Å². The Hall–Kier alpha value is -3.02. The van der Waals surface area contributed by atoms with Crippen LogP contribution in [-0.4, -0.2) is 56.0 Å². The SMILES string of the molecule is CN(Cc1ccc(N(C)C)cc1)C(=O)Nc1cccc(C(=O)N2CCCC2)c1. The second-order valence-corrected chi connectivity index (χ2v) is 7.43. The van der Waals surface area contributed by atoms with Crippen molar-refractivity contribution in [2.24, 2.45) is 0 Å². The van der Waals surface area contributed by atoms with Gasteiger partial charge < -0.3 is 20.0 Å². The zero-order valence-electron chi connectivity index (χ0n) is 16.8. The lowest BCUT2D eigenvalue weighted by atomic mass is 10.1. The summed E-state index contributed by atoms with van der Waals surface area (Å²) in [5.74, 6) is 0.0305. The van der Waals surface area contributed by atoms with Crippen LogP contribution in [0.15, 0.2) is 48.5 Å². The van der Waals surface area contributed by atoms with Crippen molar-refractivity contribution in [3.63, 3.8) is 0 Å². The van der Waals surface area contributed by atoms with Crippen molar-refractivity contribution in [3.05, 3.63) is 59.7 Å². The quantitative estimate of drug-likeness (QED) is 0.861. The predicted octanol–water partition coefficient (Wildman–Crippen LogP) is 3.65. The lowest BCUT2D eigenvalue weighted by Crippen LogP contribution is -2.31. The van der Waals surface area contributed by atoms with Crippen molar-refractivity contribution in [1.29, 1.82) is 0 Å². The molecule has 2 aromatic rings. The third kappa shape index (κ3) is 4.82. The topological polar surface area (TPSA) is 55.9 Å². The van der Waals surface area contributed by atoms with Gasteiger partial charge in [0, 0.05) is 57.7 Å². The van der Waals surface area contributed by atoms with Crippen LogP contribution in [0.1, 0.15) is 28.8 Å². The molecule has 0 aromatic heterocycles. The van der Waals surface area contributed by atoms with Gasteiger partial charge in [-0.3, -0.25) is 4.79 Å². The fraction of sp³-hybridized carbons (Fsp3) is 0.364. The van der Waals surface area contributed by atoms with Crippen LogP contribution in [0.25, 0.3) is 0 Å². The molecule has 0 saturated carbocycles. The van der Waals surface area contributed by atoms with Crippen LogP contribution in [0.5, 0.6) is 0 Å². The molecule has 1 aliphatic heterocycles. The zero-order chi connectivity index (χ0) is 20.1. The van der Waals surface area contributed by atoms with Gasteiger partial charge in [0.25, 0.3) is 5.91 Å². The van der Waals surface area contributed by atoms with Crippen LogP contribution < -0.4 is 10.2 Å². The molecule has 0 bridgehead atoms. The van der Waals surface area contributed by atoms with Gasteiger partial charge >= 0.3 is 6.03 Å². The van der Waals surface area contributed by atoms with Gasteiger partial charge in [-0.05, 0) is 48.7 Å². The number of urea groups is 1. The Kier molecular flexibility index (Phi) is 6.19. The molecule has 6 heteroatoms. The molecule has 148 valence electrons. The maximum Gasteiger partial charge on any atom is 0.321 e. The van der Waals surface area contributed by atoms with Gasteiger partial charge in [0.05, 0.1) is 0 Å². The van der Waals surface area contributed by atoms with Crippen molar-refractivity contribution in [2.45, 2.75) is 19.4 Å². The van der Waals surface area contributed by atoms with Crippen LogP contribution in [0.3, 0.4) is 0 Å². The monoisotopic (exact) mass is 380 g/mol. The Bertz CT molecular complexity index is 827. The van der Waals surface area contributed by atoms with E-state index in [2.05, 4.69) is 5.32 Å². The van der Waals surface area contributed by atoms with E-state index in [0.29, 0.717) is 17.8 Å². The fourth-order valence-corrected chi connectivity index (χ4v) is 3.30. The van der Waals surface area contributed by atoms with E-state index in [0.717, 1.165) is 37.2 Å². The number of rotatable bonds is 5. The van der Waals surface area contributed by atoms with Gasteiger partial charge in [-0.1, -0.05) is 18.2 Å². The lowest BCUT2D eigenvalue weighted by molar-refractivity contribution is 0.0793. The first-order valence-corrected chi connectivity index (χ1v) is 9.62. The van der Waals surface area contributed by atoms with Crippen LogP contribution in [-0.2, 0) is 6.54 Å². The molecule has 1 saturated heterocycles. The minimum atomic E-state index is -0.206. The predicted molar refractivity (Wildman–Crippen MR) is 113 cm³/mol. The Morgan fingerprint density at radius 3 is 2.32 bits per heavy atom. The average Bonchev–Trinajstić information content (AvgIpc) is 3.22. The van der Waals surface area contributed by atoms with Gasteiger partial charge in [-0.15, -0.1) is 0 Å². The first-order chi connectivity index (χ1) is 13.4. The summed E-state index contributed by atoms with van der Waals surface area (Å²) in [6.45, 7) is 2.13. The summed E-state index contributed by atoms with van der Waals surface area (Å²) in [6.07, 6.45) is 2.12. The van der Waals surface area contributed by atoms with Crippen molar-refractivity contribution in [1.82, 2.24) is 9.80 Å². The van der Waals surface area contributed by atoms with Crippen molar-refractivity contribution in [2.75, 3.05) is 44.4 Å². The summed E-state index contributed by atoms with van der Waals surface area (Å²) < 4.78 is 0. The highest BCUT2D eigenvalue weighted by Gasteiger charge is 2.20. The minimum absolute atomic E-state index is 0.0305. The van der Waals surface area contributed by atoms with Crippen molar-refractivity contribution < 1.29 is 9.59 Å². The number of likely N-dealkylation sites (tertiary alicyclic amines) is 1. The van der Waals surface area contributed by atoms with E-state index in [1.807, 2.05) is 48.2 Å². The number of anilines is 2. The normalized spacial score (nSPS) is 13.3. The molecule has 1 heterocycles. The smallest absolute Gasteiger partial charge is 0.321 e. The molecule has 1 aliphatic rings. The minimum Gasteiger partial charge on any atom is -0.378 e. The summed E-state index contributed by atoms with van der Waals surface area (Å²) in [7, 11) is 5.75. The summed E-state index contributed by atoms with van der Waals surface area (Å²) in [6, 6.07) is 15.1. The highest BCUT2D eigenvalue weighted by atomic mass is 16.2. The van der Waals surface area contributed by atoms with E-state index < -0.39 is 0 Å². The standard InChI is InChI=1S/C22H28N4O2/c1-24(2)20-11-9-17(10-12-20)16-25(3)22(28)23-19-8-6-7-18(15-19)21(27)26-13-4-5-14-26/h6-12,15H,4-5,13-14,16H2,1-3H3,(H,23,28). The van der Waals surface area contributed by atoms with Crippen LogP contribution in [0.4, 0.5) is 16.2 Å². The number of hydrogen-bond acceptors (Lipinski definition) is 3. The molecule has 6 nitrogen and oxygen atoms in total. The van der Waals surface area contributed by atoms with Gasteiger partial charge in [0.2, 0.25) is 0 Å². The van der Waals surface area contributed by atoms with E-state index >= 15 is 0 Å². The van der Waals surface area contributed by atoms with E-state index in [1.54, 1.807) is 36.2 Å². The Morgan fingerprint density at radius 1 is 1.00 bits per heavy atom. The molecule has 0 spiro atoms. The lowest BCUT2D eigenvalue weighted by Gasteiger charge is -2.20. The zero-order valence-corrected chi connectivity index (χ0v) is 16.8. The summed E-state index contributed by atoms with van der Waals surface area (Å²) in [5, 5.41) is 2.89. The fourth-order valence-electron chi connectivity index (χ4n) is 3.30. The molecule has 1 N–H and O–H groups in total.